The van der Waals surface area contributed by atoms with E-state index in [0.29, 0.717) is 0 Å². The maximum absolute atomic E-state index is 10.5. The fraction of sp³-hybridized carbons (Fsp3) is 0.400. The number of thiazole rings is 1. The van der Waals surface area contributed by atoms with E-state index in [4.69, 9.17) is 11.1 Å². The predicted molar refractivity (Wildman–Crippen MR) is 91.7 cm³/mol. The Balaban J connectivity index is 0. The van der Waals surface area contributed by atoms with Crippen LogP contribution in [0.2, 0.25) is 0 Å². The van der Waals surface area contributed by atoms with Gasteiger partial charge in [0.2, 0.25) is 0 Å². The predicted octanol–water partition coefficient (Wildman–Crippen LogP) is 4.49. The second-order valence-corrected chi connectivity index (χ2v) is 4.53. The summed E-state index contributed by atoms with van der Waals surface area (Å²) in [6, 6.07) is 0. The first-order valence-electron chi connectivity index (χ1n) is 7.02. The fourth-order valence-corrected chi connectivity index (χ4v) is 2.42. The lowest BCUT2D eigenvalue weighted by molar-refractivity contribution is 0.206. The van der Waals surface area contributed by atoms with E-state index >= 15 is 0 Å². The van der Waals surface area contributed by atoms with Gasteiger partial charge in [0, 0.05) is 1.43 Å². The SMILES string of the molecule is CC.CC.N=C(Cc1nc2c(s1)C=CCC=C2)OC(N)=O.[HH]. The number of nitrogens with zero attached hydrogens (tertiary/aromatic N) is 1. The molecule has 1 aromatic rings. The maximum atomic E-state index is 10.5. The summed E-state index contributed by atoms with van der Waals surface area (Å²) in [5, 5.41) is 8.15. The van der Waals surface area contributed by atoms with Gasteiger partial charge in [-0.15, -0.1) is 11.3 Å². The minimum Gasteiger partial charge on any atom is -0.396 e. The molecule has 3 N–H and O–H groups in total. The lowest BCUT2D eigenvalue weighted by Crippen LogP contribution is -2.19. The average Bonchev–Trinajstić information content (AvgIpc) is 2.71. The summed E-state index contributed by atoms with van der Waals surface area (Å²) in [5.74, 6) is -0.186. The topological polar surface area (TPSA) is 89.1 Å². The van der Waals surface area contributed by atoms with Gasteiger partial charge in [0.1, 0.15) is 5.01 Å². The molecule has 0 atom stereocenters. The van der Waals surface area contributed by atoms with E-state index in [1.54, 1.807) is 0 Å². The number of hydrogen-bond donors (Lipinski definition) is 2. The number of nitrogens with one attached hydrogen (secondary N) is 1. The molecule has 118 valence electrons. The van der Waals surface area contributed by atoms with Crippen molar-refractivity contribution in [1.29, 1.82) is 5.41 Å². The van der Waals surface area contributed by atoms with E-state index in [1.807, 2.05) is 45.9 Å². The van der Waals surface area contributed by atoms with Crippen LogP contribution in [0.1, 0.15) is 51.1 Å². The molecule has 1 heterocycles. The standard InChI is InChI=1S/C11H11N3O2S.2C2H6.H2/c12-9(16-11(13)15)6-10-14-7-4-2-1-3-5-8(7)17-10;2*1-2;/h2-5,12H,1,6H2,(H2,13,15);2*1-2H3;1H. The van der Waals surface area contributed by atoms with Crippen LogP contribution in [0.15, 0.2) is 12.2 Å². The van der Waals surface area contributed by atoms with Crippen LogP contribution in [0.4, 0.5) is 4.79 Å². The third kappa shape index (κ3) is 6.85. The lowest BCUT2D eigenvalue weighted by atomic mass is 10.3. The van der Waals surface area contributed by atoms with Gasteiger partial charge < -0.3 is 10.5 Å². The number of carbonyl (C=O) groups excluding carboxylic acids is 1. The molecule has 1 aliphatic rings. The van der Waals surface area contributed by atoms with Crippen LogP contribution in [0.3, 0.4) is 0 Å². The molecule has 0 saturated heterocycles. The summed E-state index contributed by atoms with van der Waals surface area (Å²) in [7, 11) is 0. The first-order valence-corrected chi connectivity index (χ1v) is 7.84. The number of aromatic nitrogens is 1. The Morgan fingerprint density at radius 3 is 2.62 bits per heavy atom. The molecule has 1 amide bonds. The second kappa shape index (κ2) is 10.8. The molecule has 6 heteroatoms. The molecule has 0 spiro atoms. The number of ether oxygens (including phenoxy) is 1. The van der Waals surface area contributed by atoms with Crippen LogP contribution in [0, 0.1) is 5.41 Å². The Morgan fingerprint density at radius 2 is 2.00 bits per heavy atom. The van der Waals surface area contributed by atoms with Gasteiger partial charge >= 0.3 is 6.09 Å². The molecular formula is C15H25N3O2S. The van der Waals surface area contributed by atoms with Crippen LogP contribution in [-0.2, 0) is 11.2 Å². The number of carbonyl (C=O) groups is 1. The van der Waals surface area contributed by atoms with Crippen molar-refractivity contribution in [3.05, 3.63) is 27.7 Å². The van der Waals surface area contributed by atoms with E-state index < -0.39 is 6.09 Å². The third-order valence-corrected chi connectivity index (χ3v) is 3.11. The van der Waals surface area contributed by atoms with Crippen LogP contribution in [-0.4, -0.2) is 17.0 Å². The van der Waals surface area contributed by atoms with Gasteiger partial charge in [0.15, 0.2) is 5.90 Å². The zero-order valence-electron chi connectivity index (χ0n) is 13.0. The van der Waals surface area contributed by atoms with E-state index in [2.05, 4.69) is 15.8 Å². The molecule has 0 saturated carbocycles. The molecule has 1 aliphatic carbocycles. The van der Waals surface area contributed by atoms with Gasteiger partial charge in [-0.3, -0.25) is 5.41 Å². The largest absolute Gasteiger partial charge is 0.411 e. The summed E-state index contributed by atoms with van der Waals surface area (Å²) in [6.45, 7) is 8.00. The Kier molecular flexibility index (Phi) is 9.79. The summed E-state index contributed by atoms with van der Waals surface area (Å²) in [4.78, 5) is 15.9. The third-order valence-electron chi connectivity index (χ3n) is 2.08. The maximum Gasteiger partial charge on any atom is 0.411 e. The highest BCUT2D eigenvalue weighted by molar-refractivity contribution is 7.12. The summed E-state index contributed by atoms with van der Waals surface area (Å²) >= 11 is 1.48. The van der Waals surface area contributed by atoms with Crippen molar-refractivity contribution in [2.75, 3.05) is 0 Å². The fourth-order valence-electron chi connectivity index (χ4n) is 1.43. The molecule has 0 bridgehead atoms. The van der Waals surface area contributed by atoms with E-state index in [9.17, 15) is 4.79 Å². The van der Waals surface area contributed by atoms with Gasteiger partial charge in [-0.25, -0.2) is 9.78 Å². The van der Waals surface area contributed by atoms with Crippen molar-refractivity contribution in [1.82, 2.24) is 4.98 Å². The second-order valence-electron chi connectivity index (χ2n) is 3.42. The number of allylic oxidation sites excluding steroid dienone is 2. The van der Waals surface area contributed by atoms with E-state index in [-0.39, 0.29) is 13.7 Å². The summed E-state index contributed by atoms with van der Waals surface area (Å²) < 4.78 is 4.46. The molecule has 0 aromatic carbocycles. The Bertz CT molecular complexity index is 495. The molecular weight excluding hydrogens is 286 g/mol. The van der Waals surface area contributed by atoms with Crippen LogP contribution >= 0.6 is 11.3 Å². The number of amides is 1. The van der Waals surface area contributed by atoms with Crippen LogP contribution < -0.4 is 5.73 Å². The highest BCUT2D eigenvalue weighted by atomic mass is 32.1. The lowest BCUT2D eigenvalue weighted by Gasteiger charge is -1.98. The minimum absolute atomic E-state index is 0. The molecule has 2 rings (SSSR count). The first kappa shape index (κ1) is 19.1. The monoisotopic (exact) mass is 311 g/mol. The number of nitrogens with two attached hydrogens (primary N) is 1. The first-order chi connectivity index (χ1) is 10.1. The average molecular weight is 311 g/mol. The quantitative estimate of drug-likeness (QED) is 0.623. The smallest absolute Gasteiger partial charge is 0.396 e. The van der Waals surface area contributed by atoms with Crippen LogP contribution in [0.25, 0.3) is 12.2 Å². The highest BCUT2D eigenvalue weighted by Gasteiger charge is 2.11. The normalized spacial score (nSPS) is 11.0. The minimum atomic E-state index is -0.965. The molecule has 5 nitrogen and oxygen atoms in total. The summed E-state index contributed by atoms with van der Waals surface area (Å²) in [6.07, 6.45) is 8.16. The van der Waals surface area contributed by atoms with Crippen molar-refractivity contribution in [2.24, 2.45) is 5.73 Å². The Morgan fingerprint density at radius 1 is 1.38 bits per heavy atom. The van der Waals surface area contributed by atoms with Crippen molar-refractivity contribution in [2.45, 2.75) is 40.5 Å². The van der Waals surface area contributed by atoms with Gasteiger partial charge in [-0.2, -0.15) is 0 Å². The Labute approximate surface area is 131 Å². The van der Waals surface area contributed by atoms with E-state index in [1.165, 1.54) is 11.3 Å². The zero-order valence-corrected chi connectivity index (χ0v) is 13.8. The van der Waals surface area contributed by atoms with Crippen molar-refractivity contribution >= 4 is 35.5 Å². The van der Waals surface area contributed by atoms with Gasteiger partial charge in [0.25, 0.3) is 0 Å². The van der Waals surface area contributed by atoms with Crippen LogP contribution in [0.5, 0.6) is 0 Å². The van der Waals surface area contributed by atoms with Crippen molar-refractivity contribution < 1.29 is 11.0 Å². The molecule has 0 unspecified atom stereocenters. The number of fused-ring (bicyclic) bond motifs is 1. The molecule has 1 aromatic heterocycles. The van der Waals surface area contributed by atoms with Crippen molar-refractivity contribution in [3.63, 3.8) is 0 Å². The van der Waals surface area contributed by atoms with Crippen molar-refractivity contribution in [3.8, 4) is 0 Å². The zero-order chi connectivity index (χ0) is 16.3. The van der Waals surface area contributed by atoms with E-state index in [0.717, 1.165) is 22.0 Å². The Hall–Kier alpha value is -1.95. The number of hydrogen-bond acceptors (Lipinski definition) is 5. The van der Waals surface area contributed by atoms with Gasteiger partial charge in [0.05, 0.1) is 17.0 Å². The molecule has 21 heavy (non-hydrogen) atoms. The number of rotatable bonds is 2. The molecule has 0 aliphatic heterocycles. The number of primary amides is 1. The van der Waals surface area contributed by atoms with Gasteiger partial charge in [-0.1, -0.05) is 39.8 Å². The molecule has 0 fully saturated rings. The highest BCUT2D eigenvalue weighted by Crippen LogP contribution is 2.24. The summed E-state index contributed by atoms with van der Waals surface area (Å²) in [5.41, 5.74) is 5.72. The molecule has 0 radical (unpaired) electrons. The van der Waals surface area contributed by atoms with Gasteiger partial charge in [-0.05, 0) is 18.6 Å².